The van der Waals surface area contributed by atoms with E-state index in [0.29, 0.717) is 0 Å². The largest absolute Gasteiger partial charge is 0.322 e. The molecule has 1 N–H and O–H groups in total. The van der Waals surface area contributed by atoms with E-state index < -0.39 is 20.9 Å². The van der Waals surface area contributed by atoms with Crippen LogP contribution in [0.15, 0.2) is 47.4 Å². The Bertz CT molecular complexity index is 944. The average Bonchev–Trinajstić information content (AvgIpc) is 2.56. The van der Waals surface area contributed by atoms with E-state index in [1.807, 2.05) is 0 Å². The van der Waals surface area contributed by atoms with Gasteiger partial charge < -0.3 is 5.32 Å². The molecule has 25 heavy (non-hydrogen) atoms. The highest BCUT2D eigenvalue weighted by Crippen LogP contribution is 2.27. The van der Waals surface area contributed by atoms with Crippen LogP contribution in [0.3, 0.4) is 0 Å². The number of nitro groups is 1. The topological polar surface area (TPSA) is 110 Å². The monoisotopic (exact) mass is 383 g/mol. The fourth-order valence-corrected chi connectivity index (χ4v) is 3.08. The Morgan fingerprint density at radius 2 is 1.88 bits per heavy atom. The molecule has 10 heteroatoms. The van der Waals surface area contributed by atoms with Gasteiger partial charge in [-0.05, 0) is 30.3 Å². The van der Waals surface area contributed by atoms with E-state index in [1.165, 1.54) is 50.5 Å². The quantitative estimate of drug-likeness (QED) is 0.630. The number of carbonyl (C=O) groups excluding carboxylic acids is 1. The highest BCUT2D eigenvalue weighted by Gasteiger charge is 2.19. The van der Waals surface area contributed by atoms with Crippen LogP contribution < -0.4 is 5.32 Å². The molecule has 0 aliphatic heterocycles. The molecule has 0 saturated carbocycles. The third-order valence-electron chi connectivity index (χ3n) is 3.28. The molecule has 0 atom stereocenters. The lowest BCUT2D eigenvalue weighted by Gasteiger charge is -2.12. The van der Waals surface area contributed by atoms with Crippen LogP contribution in [0.2, 0.25) is 5.02 Å². The van der Waals surface area contributed by atoms with Crippen LogP contribution in [0.5, 0.6) is 0 Å². The highest BCUT2D eigenvalue weighted by molar-refractivity contribution is 7.89. The summed E-state index contributed by atoms with van der Waals surface area (Å²) in [4.78, 5) is 22.5. The zero-order chi connectivity index (χ0) is 18.8. The Labute approximate surface area is 149 Å². The second kappa shape index (κ2) is 7.18. The molecule has 132 valence electrons. The van der Waals surface area contributed by atoms with Gasteiger partial charge in [-0.15, -0.1) is 0 Å². The lowest BCUT2D eigenvalue weighted by Crippen LogP contribution is -2.22. The van der Waals surface area contributed by atoms with Gasteiger partial charge >= 0.3 is 0 Å². The van der Waals surface area contributed by atoms with Crippen LogP contribution in [0.1, 0.15) is 10.4 Å². The fourth-order valence-electron chi connectivity index (χ4n) is 1.94. The van der Waals surface area contributed by atoms with Gasteiger partial charge in [0.15, 0.2) is 0 Å². The third-order valence-corrected chi connectivity index (χ3v) is 5.41. The molecule has 0 bridgehead atoms. The first-order valence-corrected chi connectivity index (χ1v) is 8.72. The number of nitrogens with one attached hydrogen (secondary N) is 1. The van der Waals surface area contributed by atoms with E-state index in [1.54, 1.807) is 0 Å². The van der Waals surface area contributed by atoms with Crippen molar-refractivity contribution < 1.29 is 18.1 Å². The summed E-state index contributed by atoms with van der Waals surface area (Å²) in [5, 5.41) is 13.3. The van der Waals surface area contributed by atoms with E-state index in [0.717, 1.165) is 10.4 Å². The molecule has 0 radical (unpaired) electrons. The Morgan fingerprint density at radius 1 is 1.20 bits per heavy atom. The summed E-state index contributed by atoms with van der Waals surface area (Å²) in [6.45, 7) is 0. The molecular formula is C15H14ClN3O5S. The number of rotatable bonds is 5. The van der Waals surface area contributed by atoms with Crippen molar-refractivity contribution in [3.63, 3.8) is 0 Å². The summed E-state index contributed by atoms with van der Waals surface area (Å²) in [6, 6.07) is 9.31. The van der Waals surface area contributed by atoms with Gasteiger partial charge in [0.1, 0.15) is 5.02 Å². The van der Waals surface area contributed by atoms with E-state index >= 15 is 0 Å². The van der Waals surface area contributed by atoms with E-state index in [9.17, 15) is 23.3 Å². The van der Waals surface area contributed by atoms with Crippen LogP contribution in [-0.2, 0) is 10.0 Å². The normalized spacial score (nSPS) is 11.4. The van der Waals surface area contributed by atoms with Crippen molar-refractivity contribution in [1.82, 2.24) is 4.31 Å². The first kappa shape index (κ1) is 18.8. The molecular weight excluding hydrogens is 370 g/mol. The van der Waals surface area contributed by atoms with Crippen LogP contribution in [-0.4, -0.2) is 37.6 Å². The first-order valence-electron chi connectivity index (χ1n) is 6.91. The number of sulfonamides is 1. The number of halogens is 1. The molecule has 8 nitrogen and oxygen atoms in total. The number of nitro benzene ring substituents is 1. The molecule has 0 heterocycles. The molecule has 2 aromatic rings. The molecule has 0 unspecified atom stereocenters. The van der Waals surface area contributed by atoms with E-state index in [-0.39, 0.29) is 26.9 Å². The SMILES string of the molecule is CN(C)S(=O)(=O)c1cccc(C(=O)Nc2ccc(Cl)c([N+](=O)[O-])c2)c1. The maximum Gasteiger partial charge on any atom is 0.289 e. The Morgan fingerprint density at radius 3 is 2.48 bits per heavy atom. The fraction of sp³-hybridized carbons (Fsp3) is 0.133. The molecule has 0 aliphatic rings. The number of hydrogen-bond acceptors (Lipinski definition) is 5. The molecule has 0 saturated heterocycles. The standard InChI is InChI=1S/C15H14ClN3O5S/c1-18(2)25(23,24)12-5-3-4-10(8-12)15(20)17-11-6-7-13(16)14(9-11)19(21)22/h3-9H,1-2H3,(H,17,20). The molecule has 2 rings (SSSR count). The van der Waals surface area contributed by atoms with Crippen LogP contribution in [0.25, 0.3) is 0 Å². The Balaban J connectivity index is 2.31. The van der Waals surface area contributed by atoms with Crippen molar-refractivity contribution in [2.75, 3.05) is 19.4 Å². The van der Waals surface area contributed by atoms with Crippen LogP contribution >= 0.6 is 11.6 Å². The summed E-state index contributed by atoms with van der Waals surface area (Å²) < 4.78 is 25.3. The van der Waals surface area contributed by atoms with Crippen LogP contribution in [0, 0.1) is 10.1 Å². The maximum absolute atomic E-state index is 12.3. The van der Waals surface area contributed by atoms with E-state index in [2.05, 4.69) is 5.32 Å². The van der Waals surface area contributed by atoms with E-state index in [4.69, 9.17) is 11.6 Å². The highest BCUT2D eigenvalue weighted by atomic mass is 35.5. The number of amides is 1. The van der Waals surface area contributed by atoms with Gasteiger partial charge in [-0.3, -0.25) is 14.9 Å². The molecule has 0 fully saturated rings. The van der Waals surface area contributed by atoms with Gasteiger partial charge in [-0.1, -0.05) is 17.7 Å². The minimum Gasteiger partial charge on any atom is -0.322 e. The minimum absolute atomic E-state index is 0.0350. The second-order valence-electron chi connectivity index (χ2n) is 5.19. The zero-order valence-corrected chi connectivity index (χ0v) is 14.8. The summed E-state index contributed by atoms with van der Waals surface area (Å²) in [7, 11) is -0.915. The van der Waals surface area contributed by atoms with Gasteiger partial charge in [-0.25, -0.2) is 12.7 Å². The summed E-state index contributed by atoms with van der Waals surface area (Å²) in [6.07, 6.45) is 0. The predicted octanol–water partition coefficient (Wildman–Crippen LogP) is 2.75. The van der Waals surface area contributed by atoms with Gasteiger partial charge in [0.2, 0.25) is 10.0 Å². The van der Waals surface area contributed by atoms with Crippen molar-refractivity contribution in [2.45, 2.75) is 4.90 Å². The van der Waals surface area contributed by atoms with Crippen LogP contribution in [0.4, 0.5) is 11.4 Å². The van der Waals surface area contributed by atoms with Gasteiger partial charge in [0, 0.05) is 31.4 Å². The lowest BCUT2D eigenvalue weighted by atomic mass is 10.2. The number of benzene rings is 2. The maximum atomic E-state index is 12.3. The molecule has 2 aromatic carbocycles. The van der Waals surface area contributed by atoms with Crippen molar-refractivity contribution in [3.05, 3.63) is 63.2 Å². The average molecular weight is 384 g/mol. The van der Waals surface area contributed by atoms with Gasteiger partial charge in [-0.2, -0.15) is 0 Å². The van der Waals surface area contributed by atoms with Crippen molar-refractivity contribution in [3.8, 4) is 0 Å². The van der Waals surface area contributed by atoms with Crippen molar-refractivity contribution in [2.24, 2.45) is 0 Å². The molecule has 0 aliphatic carbocycles. The summed E-state index contributed by atoms with van der Waals surface area (Å²) in [5.74, 6) is -0.604. The zero-order valence-electron chi connectivity index (χ0n) is 13.3. The smallest absolute Gasteiger partial charge is 0.289 e. The van der Waals surface area contributed by atoms with Gasteiger partial charge in [0.25, 0.3) is 11.6 Å². The van der Waals surface area contributed by atoms with Gasteiger partial charge in [0.05, 0.1) is 9.82 Å². The third kappa shape index (κ3) is 4.13. The number of carbonyl (C=O) groups is 1. The lowest BCUT2D eigenvalue weighted by molar-refractivity contribution is -0.384. The second-order valence-corrected chi connectivity index (χ2v) is 7.75. The number of nitrogens with zero attached hydrogens (tertiary/aromatic N) is 2. The first-order chi connectivity index (χ1) is 11.6. The number of anilines is 1. The molecule has 1 amide bonds. The summed E-state index contributed by atoms with van der Waals surface area (Å²) >= 11 is 5.72. The van der Waals surface area contributed by atoms with Crippen molar-refractivity contribution >= 4 is 38.9 Å². The molecule has 0 aromatic heterocycles. The van der Waals surface area contributed by atoms with Crippen molar-refractivity contribution in [1.29, 1.82) is 0 Å². The Kier molecular flexibility index (Phi) is 5.41. The number of hydrogen-bond donors (Lipinski definition) is 1. The molecule has 0 spiro atoms. The Hall–Kier alpha value is -2.49. The summed E-state index contributed by atoms with van der Waals surface area (Å²) in [5.41, 5.74) is -0.0779. The predicted molar refractivity (Wildman–Crippen MR) is 93.4 cm³/mol. The minimum atomic E-state index is -3.68.